The number of piperidine rings is 1. The number of benzene rings is 2. The molecule has 0 aromatic heterocycles. The number of hydrogen-bond donors (Lipinski definition) is 2. The second kappa shape index (κ2) is 7.30. The van der Waals surface area contributed by atoms with Crippen molar-refractivity contribution < 1.29 is 14.3 Å². The van der Waals surface area contributed by atoms with Crippen LogP contribution in [-0.2, 0) is 14.3 Å². The smallest absolute Gasteiger partial charge is 0.315 e. The standard InChI is InChI=1S/C24H28N2O3/c1-23(2,3)29-22(28)24-14-18(24)15-25-20(24)21(27)26-19(16-10-6-4-7-11-16)17-12-8-5-9-13-17/h4-13,18-20,25H,14-15H2,1-3H3,(H,26,27). The number of carbonyl (C=O) groups excluding carboxylic acids is 2. The van der Waals surface area contributed by atoms with E-state index in [2.05, 4.69) is 10.6 Å². The topological polar surface area (TPSA) is 67.4 Å². The summed E-state index contributed by atoms with van der Waals surface area (Å²) >= 11 is 0. The van der Waals surface area contributed by atoms with E-state index in [-0.39, 0.29) is 23.8 Å². The summed E-state index contributed by atoms with van der Waals surface area (Å²) in [5.74, 6) is -0.260. The van der Waals surface area contributed by atoms with Gasteiger partial charge in [0.1, 0.15) is 11.6 Å². The number of fused-ring (bicyclic) bond motifs is 1. The Bertz CT molecular complexity index is 852. The first kappa shape index (κ1) is 19.6. The molecule has 29 heavy (non-hydrogen) atoms. The van der Waals surface area contributed by atoms with Gasteiger partial charge in [-0.3, -0.25) is 9.59 Å². The van der Waals surface area contributed by atoms with Crippen LogP contribution >= 0.6 is 0 Å². The van der Waals surface area contributed by atoms with Gasteiger partial charge in [-0.25, -0.2) is 0 Å². The van der Waals surface area contributed by atoms with Crippen molar-refractivity contribution >= 4 is 11.9 Å². The number of hydrogen-bond acceptors (Lipinski definition) is 4. The van der Waals surface area contributed by atoms with Crippen molar-refractivity contribution in [2.45, 2.75) is 44.9 Å². The maximum absolute atomic E-state index is 13.3. The molecule has 0 bridgehead atoms. The van der Waals surface area contributed by atoms with Crippen molar-refractivity contribution in [3.05, 3.63) is 71.8 Å². The largest absolute Gasteiger partial charge is 0.459 e. The molecule has 5 heteroatoms. The monoisotopic (exact) mass is 392 g/mol. The van der Waals surface area contributed by atoms with Crippen molar-refractivity contribution in [3.8, 4) is 0 Å². The Balaban J connectivity index is 1.57. The van der Waals surface area contributed by atoms with Gasteiger partial charge in [0.25, 0.3) is 0 Å². The average molecular weight is 392 g/mol. The van der Waals surface area contributed by atoms with Gasteiger partial charge in [0.15, 0.2) is 0 Å². The molecule has 4 rings (SSSR count). The van der Waals surface area contributed by atoms with E-state index in [0.717, 1.165) is 11.1 Å². The Kier molecular flexibility index (Phi) is 4.95. The van der Waals surface area contributed by atoms with Gasteiger partial charge in [0.05, 0.1) is 11.5 Å². The normalized spacial score (nSPS) is 25.4. The van der Waals surface area contributed by atoms with Crippen LogP contribution in [0.15, 0.2) is 60.7 Å². The van der Waals surface area contributed by atoms with Crippen molar-refractivity contribution in [3.63, 3.8) is 0 Å². The molecule has 1 amide bonds. The Morgan fingerprint density at radius 3 is 2.07 bits per heavy atom. The molecule has 0 spiro atoms. The fourth-order valence-electron chi connectivity index (χ4n) is 4.34. The summed E-state index contributed by atoms with van der Waals surface area (Å²) in [6, 6.07) is 18.9. The molecule has 2 N–H and O–H groups in total. The molecule has 1 heterocycles. The molecule has 0 radical (unpaired) electrons. The second-order valence-corrected chi connectivity index (χ2v) is 9.05. The number of nitrogens with one attached hydrogen (secondary N) is 2. The van der Waals surface area contributed by atoms with Crippen LogP contribution in [0.3, 0.4) is 0 Å². The van der Waals surface area contributed by atoms with E-state index in [9.17, 15) is 9.59 Å². The lowest BCUT2D eigenvalue weighted by Crippen LogP contribution is -2.51. The van der Waals surface area contributed by atoms with E-state index >= 15 is 0 Å². The second-order valence-electron chi connectivity index (χ2n) is 9.05. The van der Waals surface area contributed by atoms with E-state index in [4.69, 9.17) is 4.74 Å². The summed E-state index contributed by atoms with van der Waals surface area (Å²) in [6.07, 6.45) is 0.703. The Morgan fingerprint density at radius 2 is 1.59 bits per heavy atom. The number of esters is 1. The third-order valence-corrected chi connectivity index (χ3v) is 5.83. The molecule has 2 fully saturated rings. The van der Waals surface area contributed by atoms with E-state index in [1.807, 2.05) is 81.4 Å². The summed E-state index contributed by atoms with van der Waals surface area (Å²) in [7, 11) is 0. The first-order valence-corrected chi connectivity index (χ1v) is 10.2. The third-order valence-electron chi connectivity index (χ3n) is 5.83. The van der Waals surface area contributed by atoms with Crippen LogP contribution in [0.25, 0.3) is 0 Å². The molecule has 3 unspecified atom stereocenters. The molecule has 2 aromatic carbocycles. The quantitative estimate of drug-likeness (QED) is 0.767. The summed E-state index contributed by atoms with van der Waals surface area (Å²) in [5.41, 5.74) is 0.696. The zero-order chi connectivity index (χ0) is 20.6. The molecular formula is C24H28N2O3. The summed E-state index contributed by atoms with van der Waals surface area (Å²) < 4.78 is 5.66. The Morgan fingerprint density at radius 1 is 1.03 bits per heavy atom. The Hall–Kier alpha value is -2.66. The van der Waals surface area contributed by atoms with Gasteiger partial charge in [-0.2, -0.15) is 0 Å². The lowest BCUT2D eigenvalue weighted by atomic mass is 9.93. The van der Waals surface area contributed by atoms with Gasteiger partial charge in [-0.15, -0.1) is 0 Å². The van der Waals surface area contributed by atoms with Gasteiger partial charge < -0.3 is 15.4 Å². The third kappa shape index (κ3) is 3.79. The van der Waals surface area contributed by atoms with Gasteiger partial charge in [-0.1, -0.05) is 60.7 Å². The van der Waals surface area contributed by atoms with Crippen LogP contribution in [0.2, 0.25) is 0 Å². The van der Waals surface area contributed by atoms with Crippen molar-refractivity contribution in [1.29, 1.82) is 0 Å². The molecular weight excluding hydrogens is 364 g/mol. The van der Waals surface area contributed by atoms with Crippen LogP contribution in [0.1, 0.15) is 44.4 Å². The van der Waals surface area contributed by atoms with Crippen LogP contribution in [0, 0.1) is 11.3 Å². The van der Waals surface area contributed by atoms with Crippen LogP contribution < -0.4 is 10.6 Å². The maximum atomic E-state index is 13.3. The highest BCUT2D eigenvalue weighted by Gasteiger charge is 2.71. The first-order valence-electron chi connectivity index (χ1n) is 10.2. The highest BCUT2D eigenvalue weighted by Crippen LogP contribution is 2.59. The van der Waals surface area contributed by atoms with Gasteiger partial charge in [-0.05, 0) is 50.8 Å². The van der Waals surface area contributed by atoms with Crippen molar-refractivity contribution in [1.82, 2.24) is 10.6 Å². The number of amides is 1. The van der Waals surface area contributed by atoms with Gasteiger partial charge >= 0.3 is 5.97 Å². The van der Waals surface area contributed by atoms with E-state index in [1.165, 1.54) is 0 Å². The lowest BCUT2D eigenvalue weighted by molar-refractivity contribution is -0.164. The zero-order valence-corrected chi connectivity index (χ0v) is 17.1. The molecule has 2 aromatic rings. The van der Waals surface area contributed by atoms with E-state index < -0.39 is 17.1 Å². The molecule has 2 aliphatic rings. The summed E-state index contributed by atoms with van der Waals surface area (Å²) in [6.45, 7) is 6.24. The number of rotatable bonds is 5. The first-order chi connectivity index (χ1) is 13.8. The van der Waals surface area contributed by atoms with Crippen molar-refractivity contribution in [2.24, 2.45) is 11.3 Å². The Labute approximate surface area is 171 Å². The number of carbonyl (C=O) groups is 2. The highest BCUT2D eigenvalue weighted by atomic mass is 16.6. The lowest BCUT2D eigenvalue weighted by Gasteiger charge is -2.28. The minimum absolute atomic E-state index is 0.159. The van der Waals surface area contributed by atoms with E-state index in [1.54, 1.807) is 0 Å². The molecule has 152 valence electrons. The van der Waals surface area contributed by atoms with Gasteiger partial charge in [0.2, 0.25) is 5.91 Å². The van der Waals surface area contributed by atoms with E-state index in [0.29, 0.717) is 13.0 Å². The van der Waals surface area contributed by atoms with Crippen LogP contribution in [0.4, 0.5) is 0 Å². The summed E-state index contributed by atoms with van der Waals surface area (Å²) in [4.78, 5) is 26.3. The summed E-state index contributed by atoms with van der Waals surface area (Å²) in [5, 5.41) is 6.44. The van der Waals surface area contributed by atoms with Crippen LogP contribution in [-0.4, -0.2) is 30.1 Å². The molecule has 5 nitrogen and oxygen atoms in total. The molecule has 3 atom stereocenters. The SMILES string of the molecule is CC(C)(C)OC(=O)C12CC1CNC2C(=O)NC(c1ccccc1)c1ccccc1. The predicted molar refractivity (Wildman–Crippen MR) is 111 cm³/mol. The zero-order valence-electron chi connectivity index (χ0n) is 17.1. The molecule has 1 aliphatic carbocycles. The minimum atomic E-state index is -0.741. The molecule has 1 aliphatic heterocycles. The van der Waals surface area contributed by atoms with Crippen LogP contribution in [0.5, 0.6) is 0 Å². The maximum Gasteiger partial charge on any atom is 0.315 e. The highest BCUT2D eigenvalue weighted by molar-refractivity contribution is 5.94. The fourth-order valence-corrected chi connectivity index (χ4v) is 4.34. The average Bonchev–Trinajstić information content (AvgIpc) is 3.31. The molecule has 1 saturated heterocycles. The van der Waals surface area contributed by atoms with Gasteiger partial charge in [0, 0.05) is 0 Å². The minimum Gasteiger partial charge on any atom is -0.459 e. The predicted octanol–water partition coefficient (Wildman–Crippen LogP) is 3.21. The molecule has 1 saturated carbocycles. The number of ether oxygens (including phenoxy) is 1. The fraction of sp³-hybridized carbons (Fsp3) is 0.417. The van der Waals surface area contributed by atoms with Crippen molar-refractivity contribution in [2.75, 3.05) is 6.54 Å².